The van der Waals surface area contributed by atoms with Crippen LogP contribution in [0, 0.1) is 0 Å². The number of aliphatic imine (C=N–C) groups is 1. The first-order valence-electron chi connectivity index (χ1n) is 13.9. The Morgan fingerprint density at radius 2 is 1.69 bits per heavy atom. The highest BCUT2D eigenvalue weighted by molar-refractivity contribution is 6.01. The normalized spacial score (nSPS) is 25.6. The van der Waals surface area contributed by atoms with Crippen molar-refractivity contribution in [3.8, 4) is 0 Å². The molecule has 3 unspecified atom stereocenters. The van der Waals surface area contributed by atoms with Crippen molar-refractivity contribution in [2.24, 2.45) is 10.7 Å². The number of nitrogens with zero attached hydrogens (tertiary/aromatic N) is 7. The maximum Gasteiger partial charge on any atom is 0.221 e. The average molecular weight is 522 g/mol. The molecule has 3 atom stereocenters. The van der Waals surface area contributed by atoms with E-state index in [2.05, 4.69) is 81.1 Å². The highest BCUT2D eigenvalue weighted by Gasteiger charge is 2.53. The Kier molecular flexibility index (Phi) is 5.77. The van der Waals surface area contributed by atoms with Crippen LogP contribution < -0.4 is 16.4 Å². The van der Waals surface area contributed by atoms with E-state index < -0.39 is 5.54 Å². The molecule has 0 bridgehead atoms. The summed E-state index contributed by atoms with van der Waals surface area (Å²) in [7, 11) is 2.18. The number of amidine groups is 1. The lowest BCUT2D eigenvalue weighted by molar-refractivity contribution is 0.129. The minimum atomic E-state index is -0.428. The number of hydrogen-bond acceptors (Lipinski definition) is 8. The highest BCUT2D eigenvalue weighted by atomic mass is 15.3. The molecule has 4 aromatic rings. The number of nitrogens with two attached hydrogens (primary N) is 2. The Bertz CT molecular complexity index is 1520. The third-order valence-electron chi connectivity index (χ3n) is 9.13. The van der Waals surface area contributed by atoms with Gasteiger partial charge < -0.3 is 25.8 Å². The largest absolute Gasteiger partial charge is 0.382 e. The topological polar surface area (TPSA) is 114 Å². The minimum Gasteiger partial charge on any atom is -0.382 e. The standard InChI is InChI=1S/C30H35N9/c1-37-12-14-38(15-13-37)22-10-11-25(33-18-22)24-9-5-8-23(20-6-3-2-4-7-20)30(24)19-35-27(31)26-16-21-17-34-29(32)36-28(21)39(26)30/h2-4,6-7,10-11,16-18,23-24H,5,8-9,12-15,19H2,1H3,(H2,31,35)(H2,32,34,36). The summed E-state index contributed by atoms with van der Waals surface area (Å²) < 4.78 is 2.35. The van der Waals surface area contributed by atoms with Crippen molar-refractivity contribution in [3.05, 3.63) is 77.9 Å². The molecular formula is C30H35N9. The average Bonchev–Trinajstić information content (AvgIpc) is 3.36. The Morgan fingerprint density at radius 3 is 2.46 bits per heavy atom. The lowest BCUT2D eigenvalue weighted by Crippen LogP contribution is -2.54. The molecule has 200 valence electrons. The van der Waals surface area contributed by atoms with Crippen molar-refractivity contribution in [2.45, 2.75) is 36.6 Å². The Morgan fingerprint density at radius 1 is 0.897 bits per heavy atom. The zero-order valence-corrected chi connectivity index (χ0v) is 22.4. The number of pyridine rings is 1. The maximum absolute atomic E-state index is 6.54. The van der Waals surface area contributed by atoms with Crippen LogP contribution in [0.5, 0.6) is 0 Å². The molecule has 3 aromatic heterocycles. The summed E-state index contributed by atoms with van der Waals surface area (Å²) in [5.74, 6) is 1.13. The summed E-state index contributed by atoms with van der Waals surface area (Å²) in [6.45, 7) is 4.75. The van der Waals surface area contributed by atoms with Crippen molar-refractivity contribution < 1.29 is 0 Å². The van der Waals surface area contributed by atoms with Gasteiger partial charge in [0.25, 0.3) is 0 Å². The fraction of sp³-hybridized carbons (Fsp3) is 0.400. The summed E-state index contributed by atoms with van der Waals surface area (Å²) in [6.07, 6.45) is 7.03. The minimum absolute atomic E-state index is 0.125. The van der Waals surface area contributed by atoms with E-state index in [1.807, 2.05) is 0 Å². The van der Waals surface area contributed by atoms with Gasteiger partial charge in [0.2, 0.25) is 5.95 Å². The molecule has 7 rings (SSSR count). The van der Waals surface area contributed by atoms with Crippen molar-refractivity contribution in [1.82, 2.24) is 24.4 Å². The van der Waals surface area contributed by atoms with Gasteiger partial charge in [-0.05, 0) is 43.7 Å². The second kappa shape index (κ2) is 9.34. The van der Waals surface area contributed by atoms with E-state index in [1.54, 1.807) is 6.20 Å². The van der Waals surface area contributed by atoms with Gasteiger partial charge in [-0.2, -0.15) is 4.98 Å². The monoisotopic (exact) mass is 521 g/mol. The van der Waals surface area contributed by atoms with Crippen molar-refractivity contribution in [3.63, 3.8) is 0 Å². The van der Waals surface area contributed by atoms with Crippen LogP contribution in [-0.2, 0) is 5.54 Å². The Balaban J connectivity index is 1.40. The van der Waals surface area contributed by atoms with Crippen LogP contribution in [0.25, 0.3) is 11.0 Å². The van der Waals surface area contributed by atoms with Crippen LogP contribution in [0.4, 0.5) is 11.6 Å². The number of fused-ring (bicyclic) bond motifs is 4. The molecule has 9 nitrogen and oxygen atoms in total. The summed E-state index contributed by atoms with van der Waals surface area (Å²) in [5.41, 5.74) is 17.6. The Hall–Kier alpha value is -3.98. The quantitative estimate of drug-likeness (QED) is 0.425. The molecule has 1 saturated heterocycles. The van der Waals surface area contributed by atoms with Gasteiger partial charge in [0.1, 0.15) is 11.5 Å². The first-order chi connectivity index (χ1) is 19.0. The second-order valence-electron chi connectivity index (χ2n) is 11.2. The highest BCUT2D eigenvalue weighted by Crippen LogP contribution is 2.56. The summed E-state index contributed by atoms with van der Waals surface area (Å²) >= 11 is 0. The number of nitrogen functional groups attached to an aromatic ring is 1. The number of aromatic nitrogens is 4. The predicted octanol–water partition coefficient (Wildman–Crippen LogP) is 3.33. The van der Waals surface area contributed by atoms with E-state index in [4.69, 9.17) is 26.4 Å². The summed E-state index contributed by atoms with van der Waals surface area (Å²) in [4.78, 5) is 24.0. The molecule has 2 fully saturated rings. The first-order valence-corrected chi connectivity index (χ1v) is 13.9. The van der Waals surface area contributed by atoms with E-state index in [0.29, 0.717) is 12.4 Å². The number of rotatable bonds is 3. The molecule has 9 heteroatoms. The van der Waals surface area contributed by atoms with Gasteiger partial charge in [-0.25, -0.2) is 4.98 Å². The van der Waals surface area contributed by atoms with E-state index in [0.717, 1.165) is 67.9 Å². The molecule has 5 heterocycles. The molecule has 39 heavy (non-hydrogen) atoms. The van der Waals surface area contributed by atoms with Gasteiger partial charge in [0.05, 0.1) is 29.7 Å². The first kappa shape index (κ1) is 24.1. The number of anilines is 2. The lowest BCUT2D eigenvalue weighted by atomic mass is 9.61. The molecular weight excluding hydrogens is 486 g/mol. The molecule has 1 spiro atoms. The van der Waals surface area contributed by atoms with Crippen molar-refractivity contribution in [1.29, 1.82) is 0 Å². The van der Waals surface area contributed by atoms with Crippen LogP contribution in [0.3, 0.4) is 0 Å². The molecule has 4 N–H and O–H groups in total. The molecule has 1 aromatic carbocycles. The van der Waals surface area contributed by atoms with Gasteiger partial charge in [-0.3, -0.25) is 9.98 Å². The fourth-order valence-corrected chi connectivity index (χ4v) is 7.18. The fourth-order valence-electron chi connectivity index (χ4n) is 7.18. The van der Waals surface area contributed by atoms with Gasteiger partial charge in [-0.1, -0.05) is 36.8 Å². The van der Waals surface area contributed by atoms with E-state index in [9.17, 15) is 0 Å². The zero-order chi connectivity index (χ0) is 26.6. The van der Waals surface area contributed by atoms with Gasteiger partial charge in [0.15, 0.2) is 0 Å². The van der Waals surface area contributed by atoms with Crippen molar-refractivity contribution in [2.75, 3.05) is 50.4 Å². The van der Waals surface area contributed by atoms with Crippen LogP contribution in [0.15, 0.2) is 65.9 Å². The van der Waals surface area contributed by atoms with E-state index in [-0.39, 0.29) is 17.8 Å². The summed E-state index contributed by atoms with van der Waals surface area (Å²) in [6, 6.07) is 17.4. The molecule has 0 amide bonds. The third-order valence-corrected chi connectivity index (χ3v) is 9.13. The van der Waals surface area contributed by atoms with Crippen LogP contribution >= 0.6 is 0 Å². The molecule has 1 aliphatic carbocycles. The third kappa shape index (κ3) is 3.86. The molecule has 0 radical (unpaired) electrons. The maximum atomic E-state index is 6.54. The van der Waals surface area contributed by atoms with Gasteiger partial charge in [0, 0.05) is 55.3 Å². The van der Waals surface area contributed by atoms with E-state index >= 15 is 0 Å². The molecule has 2 aliphatic heterocycles. The smallest absolute Gasteiger partial charge is 0.221 e. The SMILES string of the molecule is CN1CCN(c2ccc(C3CCCC(c4ccccc4)C34CN=C(N)c3cc5cnc(N)nc5n34)nc2)CC1. The number of piperazine rings is 1. The number of benzene rings is 1. The summed E-state index contributed by atoms with van der Waals surface area (Å²) in [5, 5.41) is 0.924. The van der Waals surface area contributed by atoms with Crippen molar-refractivity contribution >= 4 is 28.5 Å². The molecule has 1 saturated carbocycles. The second-order valence-corrected chi connectivity index (χ2v) is 11.2. The van der Waals surface area contributed by atoms with Gasteiger partial charge in [-0.15, -0.1) is 0 Å². The number of likely N-dealkylation sites (N-methyl/N-ethyl adjacent to an activating group) is 1. The number of hydrogen-bond donors (Lipinski definition) is 2. The zero-order valence-electron chi connectivity index (χ0n) is 22.4. The lowest BCUT2D eigenvalue weighted by Gasteiger charge is -2.52. The van der Waals surface area contributed by atoms with Crippen LogP contribution in [-0.4, -0.2) is 70.0 Å². The van der Waals surface area contributed by atoms with Crippen LogP contribution in [0.1, 0.15) is 48.0 Å². The van der Waals surface area contributed by atoms with E-state index in [1.165, 1.54) is 11.3 Å². The molecule has 3 aliphatic rings. The Labute approximate surface area is 228 Å². The van der Waals surface area contributed by atoms with Crippen LogP contribution in [0.2, 0.25) is 0 Å². The van der Waals surface area contributed by atoms with Gasteiger partial charge >= 0.3 is 0 Å². The predicted molar refractivity (Wildman–Crippen MR) is 155 cm³/mol.